The number of benzene rings is 1. The van der Waals surface area contributed by atoms with Crippen molar-refractivity contribution in [3.05, 3.63) is 23.8 Å². The van der Waals surface area contributed by atoms with Gasteiger partial charge >= 0.3 is 0 Å². The number of nitrogens with two attached hydrogens (primary N) is 1. The van der Waals surface area contributed by atoms with Crippen LogP contribution in [0, 0.1) is 6.92 Å². The van der Waals surface area contributed by atoms with E-state index < -0.39 is 10.8 Å². The lowest BCUT2D eigenvalue weighted by molar-refractivity contribution is 0.679. The number of rotatable bonds is 4. The van der Waals surface area contributed by atoms with Gasteiger partial charge in [0.1, 0.15) is 0 Å². The fourth-order valence-electron chi connectivity index (χ4n) is 1.13. The molecule has 4 heteroatoms. The molecule has 0 aliphatic heterocycles. The summed E-state index contributed by atoms with van der Waals surface area (Å²) < 4.78 is 11.1. The van der Waals surface area contributed by atoms with Crippen LogP contribution in [0.1, 0.15) is 12.5 Å². The molecule has 0 aromatic heterocycles. The maximum Gasteiger partial charge on any atom is 0.0489 e. The van der Waals surface area contributed by atoms with Gasteiger partial charge in [-0.05, 0) is 31.5 Å². The van der Waals surface area contributed by atoms with Crippen LogP contribution in [-0.2, 0) is 10.8 Å². The Kier molecular flexibility index (Phi) is 4.15. The van der Waals surface area contributed by atoms with E-state index in [0.717, 1.165) is 16.9 Å². The number of hydrogen-bond donors (Lipinski definition) is 2. The maximum atomic E-state index is 11.1. The minimum absolute atomic E-state index is 0.146. The van der Waals surface area contributed by atoms with Crippen LogP contribution in [0.2, 0.25) is 0 Å². The Morgan fingerprint density at radius 3 is 2.73 bits per heavy atom. The Labute approximate surface area is 93.5 Å². The SMILES string of the molecule is Cc1ccc(NCC(C)S(C)=O)cc1N. The summed E-state index contributed by atoms with van der Waals surface area (Å²) in [5.74, 6) is 0. The molecule has 0 saturated carbocycles. The van der Waals surface area contributed by atoms with Gasteiger partial charge in [-0.15, -0.1) is 0 Å². The van der Waals surface area contributed by atoms with Crippen molar-refractivity contribution in [3.8, 4) is 0 Å². The summed E-state index contributed by atoms with van der Waals surface area (Å²) in [4.78, 5) is 0. The van der Waals surface area contributed by atoms with Crippen LogP contribution < -0.4 is 11.1 Å². The maximum absolute atomic E-state index is 11.1. The van der Waals surface area contributed by atoms with E-state index in [9.17, 15) is 4.21 Å². The van der Waals surface area contributed by atoms with Gasteiger partial charge < -0.3 is 11.1 Å². The second kappa shape index (κ2) is 5.16. The van der Waals surface area contributed by atoms with Crippen molar-refractivity contribution >= 4 is 22.2 Å². The van der Waals surface area contributed by atoms with Crippen LogP contribution in [0.5, 0.6) is 0 Å². The molecule has 3 nitrogen and oxygen atoms in total. The molecule has 0 saturated heterocycles. The first-order valence-electron chi connectivity index (χ1n) is 4.93. The van der Waals surface area contributed by atoms with Crippen LogP contribution in [0.25, 0.3) is 0 Å². The number of nitrogen functional groups attached to an aromatic ring is 1. The number of nitrogens with one attached hydrogen (secondary N) is 1. The first kappa shape index (κ1) is 12.0. The van der Waals surface area contributed by atoms with Gasteiger partial charge in [-0.3, -0.25) is 4.21 Å². The Bertz CT molecular complexity index is 366. The van der Waals surface area contributed by atoms with E-state index in [2.05, 4.69) is 5.32 Å². The zero-order chi connectivity index (χ0) is 11.4. The van der Waals surface area contributed by atoms with Crippen molar-refractivity contribution in [2.75, 3.05) is 23.9 Å². The van der Waals surface area contributed by atoms with E-state index in [0.29, 0.717) is 6.54 Å². The largest absolute Gasteiger partial charge is 0.398 e. The highest BCUT2D eigenvalue weighted by Crippen LogP contribution is 2.16. The molecule has 1 aromatic rings. The third-order valence-corrected chi connectivity index (χ3v) is 3.74. The molecule has 0 heterocycles. The molecular formula is C11H18N2OS. The Morgan fingerprint density at radius 1 is 1.53 bits per heavy atom. The lowest BCUT2D eigenvalue weighted by atomic mass is 10.2. The lowest BCUT2D eigenvalue weighted by Crippen LogP contribution is -2.20. The summed E-state index contributed by atoms with van der Waals surface area (Å²) in [5, 5.41) is 3.37. The highest BCUT2D eigenvalue weighted by atomic mass is 32.2. The lowest BCUT2D eigenvalue weighted by Gasteiger charge is -2.12. The molecule has 0 spiro atoms. The highest BCUT2D eigenvalue weighted by Gasteiger charge is 2.05. The summed E-state index contributed by atoms with van der Waals surface area (Å²) in [6, 6.07) is 5.86. The quantitative estimate of drug-likeness (QED) is 0.769. The van der Waals surface area contributed by atoms with Gasteiger partial charge in [0.2, 0.25) is 0 Å². The van der Waals surface area contributed by atoms with Gasteiger partial charge in [-0.25, -0.2) is 0 Å². The van der Waals surface area contributed by atoms with Crippen molar-refractivity contribution in [1.82, 2.24) is 0 Å². The van der Waals surface area contributed by atoms with Gasteiger partial charge in [0.25, 0.3) is 0 Å². The molecule has 0 radical (unpaired) electrons. The monoisotopic (exact) mass is 226 g/mol. The van der Waals surface area contributed by atoms with Crippen LogP contribution in [0.3, 0.4) is 0 Å². The second-order valence-corrected chi connectivity index (χ2v) is 5.56. The molecule has 0 amide bonds. The first-order chi connectivity index (χ1) is 7.00. The predicted octanol–water partition coefficient (Wildman–Crippen LogP) is 1.76. The van der Waals surface area contributed by atoms with Crippen molar-refractivity contribution in [3.63, 3.8) is 0 Å². The molecule has 84 valence electrons. The molecule has 1 rings (SSSR count). The van der Waals surface area contributed by atoms with Crippen molar-refractivity contribution in [2.24, 2.45) is 0 Å². The Hall–Kier alpha value is -1.03. The standard InChI is InChI=1S/C11H18N2OS/c1-8-4-5-10(6-11(8)12)13-7-9(2)15(3)14/h4-6,9,13H,7,12H2,1-3H3. The van der Waals surface area contributed by atoms with Crippen molar-refractivity contribution < 1.29 is 4.21 Å². The topological polar surface area (TPSA) is 55.1 Å². The van der Waals surface area contributed by atoms with E-state index in [1.54, 1.807) is 6.26 Å². The van der Waals surface area contributed by atoms with Crippen LogP contribution in [-0.4, -0.2) is 22.3 Å². The Morgan fingerprint density at radius 2 is 2.20 bits per heavy atom. The highest BCUT2D eigenvalue weighted by molar-refractivity contribution is 7.84. The van der Waals surface area contributed by atoms with Gasteiger partial charge in [0.05, 0.1) is 0 Å². The normalized spacial score (nSPS) is 14.6. The molecule has 15 heavy (non-hydrogen) atoms. The van der Waals surface area contributed by atoms with E-state index in [4.69, 9.17) is 5.73 Å². The average molecular weight is 226 g/mol. The summed E-state index contributed by atoms with van der Waals surface area (Å²) in [6.07, 6.45) is 1.72. The van der Waals surface area contributed by atoms with Crippen molar-refractivity contribution in [1.29, 1.82) is 0 Å². The predicted molar refractivity (Wildman–Crippen MR) is 67.6 cm³/mol. The summed E-state index contributed by atoms with van der Waals surface area (Å²) in [7, 11) is -0.787. The molecule has 0 fully saturated rings. The molecule has 0 bridgehead atoms. The van der Waals surface area contributed by atoms with Crippen molar-refractivity contribution in [2.45, 2.75) is 19.1 Å². The van der Waals surface area contributed by atoms with Crippen LogP contribution >= 0.6 is 0 Å². The van der Waals surface area contributed by atoms with E-state index in [1.807, 2.05) is 32.0 Å². The third-order valence-electron chi connectivity index (χ3n) is 2.44. The van der Waals surface area contributed by atoms with E-state index >= 15 is 0 Å². The van der Waals surface area contributed by atoms with E-state index in [1.165, 1.54) is 0 Å². The van der Waals surface area contributed by atoms with Crippen LogP contribution in [0.15, 0.2) is 18.2 Å². The molecule has 2 atom stereocenters. The number of anilines is 2. The molecule has 3 N–H and O–H groups in total. The smallest absolute Gasteiger partial charge is 0.0489 e. The molecular weight excluding hydrogens is 208 g/mol. The minimum Gasteiger partial charge on any atom is -0.398 e. The molecule has 1 aromatic carbocycles. The average Bonchev–Trinajstić information content (AvgIpc) is 2.19. The third kappa shape index (κ3) is 3.55. The minimum atomic E-state index is -0.787. The number of hydrogen-bond acceptors (Lipinski definition) is 3. The fraction of sp³-hybridized carbons (Fsp3) is 0.455. The molecule has 0 aliphatic carbocycles. The van der Waals surface area contributed by atoms with Gasteiger partial charge in [0.15, 0.2) is 0 Å². The zero-order valence-corrected chi connectivity index (χ0v) is 10.2. The van der Waals surface area contributed by atoms with Gasteiger partial charge in [-0.2, -0.15) is 0 Å². The van der Waals surface area contributed by atoms with Gasteiger partial charge in [-0.1, -0.05) is 6.07 Å². The fourth-order valence-corrected chi connectivity index (χ4v) is 1.45. The summed E-state index contributed by atoms with van der Waals surface area (Å²) in [6.45, 7) is 4.63. The first-order valence-corrected chi connectivity index (χ1v) is 6.55. The van der Waals surface area contributed by atoms with E-state index in [-0.39, 0.29) is 5.25 Å². The summed E-state index contributed by atoms with van der Waals surface area (Å²) in [5.41, 5.74) is 8.63. The zero-order valence-electron chi connectivity index (χ0n) is 9.41. The van der Waals surface area contributed by atoms with Gasteiger partial charge in [0, 0.05) is 40.2 Å². The molecule has 0 aliphatic rings. The van der Waals surface area contributed by atoms with Crippen LogP contribution in [0.4, 0.5) is 11.4 Å². The molecule has 2 unspecified atom stereocenters. The summed E-state index contributed by atoms with van der Waals surface area (Å²) >= 11 is 0. The number of aryl methyl sites for hydroxylation is 1. The Balaban J connectivity index is 2.58. The second-order valence-electron chi connectivity index (χ2n) is 3.76.